The average molecular weight is 327 g/mol. The van der Waals surface area contributed by atoms with E-state index in [-0.39, 0.29) is 5.92 Å². The molecule has 120 valence electrons. The number of carbonyl (C=O) groups is 1. The molecule has 3 aliphatic rings. The predicted molar refractivity (Wildman–Crippen MR) is 90.9 cm³/mol. The highest BCUT2D eigenvalue weighted by atomic mass is 32.1. The number of benzene rings is 1. The quantitative estimate of drug-likeness (QED) is 0.866. The lowest BCUT2D eigenvalue weighted by Crippen LogP contribution is -2.47. The molecule has 23 heavy (non-hydrogen) atoms. The Morgan fingerprint density at radius 2 is 2.00 bits per heavy atom. The van der Waals surface area contributed by atoms with Gasteiger partial charge in [0.25, 0.3) is 0 Å². The first kappa shape index (κ1) is 14.8. The van der Waals surface area contributed by atoms with Gasteiger partial charge in [-0.3, -0.25) is 9.69 Å². The minimum Gasteiger partial charge on any atom is -0.334 e. The summed E-state index contributed by atoms with van der Waals surface area (Å²) < 4.78 is 0. The van der Waals surface area contributed by atoms with Crippen molar-refractivity contribution in [3.05, 3.63) is 52.5 Å². The van der Waals surface area contributed by atoms with E-state index in [1.807, 2.05) is 23.7 Å². The highest BCUT2D eigenvalue weighted by molar-refractivity contribution is 7.07. The summed E-state index contributed by atoms with van der Waals surface area (Å²) in [5, 5.41) is 2.11. The monoisotopic (exact) mass is 327 g/mol. The van der Waals surface area contributed by atoms with Gasteiger partial charge in [-0.2, -0.15) is 0 Å². The van der Waals surface area contributed by atoms with E-state index in [0.717, 1.165) is 44.7 Å². The fraction of sp³-hybridized carbons (Fsp3) is 0.444. The van der Waals surface area contributed by atoms with Gasteiger partial charge in [-0.15, -0.1) is 11.3 Å². The molecule has 2 aromatic rings. The standard InChI is InChI=1S/C18H21N3OS/c22-18-15-6-7-17(21(18)8-14-4-2-1-3-5-14)11-20(9-15)10-16-12-23-13-19-16/h1-5,12-13,15,17H,6-11H2/t15-,17+/m0/s1. The largest absolute Gasteiger partial charge is 0.334 e. The van der Waals surface area contributed by atoms with Gasteiger partial charge in [0.2, 0.25) is 5.91 Å². The lowest BCUT2D eigenvalue weighted by atomic mass is 9.93. The minimum atomic E-state index is 0.149. The molecule has 0 saturated carbocycles. The Hall–Kier alpha value is -1.72. The normalized spacial score (nSPS) is 24.9. The molecule has 3 fully saturated rings. The van der Waals surface area contributed by atoms with Crippen LogP contribution >= 0.6 is 11.3 Å². The maximum absolute atomic E-state index is 12.8. The van der Waals surface area contributed by atoms with Crippen molar-refractivity contribution in [2.75, 3.05) is 13.1 Å². The van der Waals surface area contributed by atoms with Crippen LogP contribution < -0.4 is 0 Å². The van der Waals surface area contributed by atoms with Gasteiger partial charge in [-0.1, -0.05) is 30.3 Å². The number of carbonyl (C=O) groups excluding carboxylic acids is 1. The molecule has 0 spiro atoms. The minimum absolute atomic E-state index is 0.149. The molecule has 0 aliphatic carbocycles. The van der Waals surface area contributed by atoms with Crippen LogP contribution in [0, 0.1) is 5.92 Å². The first-order valence-corrected chi connectivity index (χ1v) is 9.17. The van der Waals surface area contributed by atoms with Gasteiger partial charge in [0.15, 0.2) is 0 Å². The summed E-state index contributed by atoms with van der Waals surface area (Å²) in [7, 11) is 0. The molecule has 0 N–H and O–H groups in total. The van der Waals surface area contributed by atoms with Crippen molar-refractivity contribution >= 4 is 17.2 Å². The number of rotatable bonds is 4. The van der Waals surface area contributed by atoms with Crippen molar-refractivity contribution in [3.8, 4) is 0 Å². The Bertz CT molecular complexity index is 658. The van der Waals surface area contributed by atoms with E-state index in [1.54, 1.807) is 11.3 Å². The SMILES string of the molecule is O=C1[C@H]2CC[C@H](CN(Cc3cscn3)C2)N1Cc1ccccc1. The second-order valence-corrected chi connectivity index (χ2v) is 7.27. The first-order valence-electron chi connectivity index (χ1n) is 8.23. The number of hydrogen-bond acceptors (Lipinski definition) is 4. The van der Waals surface area contributed by atoms with Crippen LogP contribution in [0.3, 0.4) is 0 Å². The van der Waals surface area contributed by atoms with Crippen LogP contribution in [0.2, 0.25) is 0 Å². The Kier molecular flexibility index (Phi) is 4.14. The molecule has 0 radical (unpaired) electrons. The van der Waals surface area contributed by atoms with Crippen LogP contribution in [0.4, 0.5) is 0 Å². The van der Waals surface area contributed by atoms with E-state index < -0.39 is 0 Å². The number of hydrogen-bond donors (Lipinski definition) is 0. The van der Waals surface area contributed by atoms with E-state index in [4.69, 9.17) is 0 Å². The average Bonchev–Trinajstić information content (AvgIpc) is 2.94. The molecule has 4 nitrogen and oxygen atoms in total. The lowest BCUT2D eigenvalue weighted by Gasteiger charge is -2.36. The van der Waals surface area contributed by atoms with Gasteiger partial charge in [-0.05, 0) is 18.4 Å². The summed E-state index contributed by atoms with van der Waals surface area (Å²) in [5.74, 6) is 0.488. The second kappa shape index (κ2) is 6.42. The van der Waals surface area contributed by atoms with Crippen molar-refractivity contribution in [1.29, 1.82) is 0 Å². The van der Waals surface area contributed by atoms with Crippen LogP contribution in [0.15, 0.2) is 41.2 Å². The summed E-state index contributed by atoms with van der Waals surface area (Å²) in [6.07, 6.45) is 2.15. The van der Waals surface area contributed by atoms with E-state index in [9.17, 15) is 4.79 Å². The van der Waals surface area contributed by atoms with Crippen molar-refractivity contribution < 1.29 is 4.79 Å². The molecular weight excluding hydrogens is 306 g/mol. The maximum atomic E-state index is 12.8. The zero-order valence-electron chi connectivity index (χ0n) is 13.1. The van der Waals surface area contributed by atoms with Crippen molar-refractivity contribution in [2.45, 2.75) is 32.0 Å². The van der Waals surface area contributed by atoms with Gasteiger partial charge in [0.1, 0.15) is 0 Å². The molecule has 2 atom stereocenters. The Morgan fingerprint density at radius 3 is 2.78 bits per heavy atom. The Morgan fingerprint density at radius 1 is 1.13 bits per heavy atom. The van der Waals surface area contributed by atoms with Gasteiger partial charge in [-0.25, -0.2) is 4.98 Å². The summed E-state index contributed by atoms with van der Waals surface area (Å²) in [6.45, 7) is 3.44. The lowest BCUT2D eigenvalue weighted by molar-refractivity contribution is -0.140. The predicted octanol–water partition coefficient (Wildman–Crippen LogP) is 2.77. The van der Waals surface area contributed by atoms with Crippen LogP contribution in [0.5, 0.6) is 0 Å². The number of nitrogens with zero attached hydrogens (tertiary/aromatic N) is 3. The van der Waals surface area contributed by atoms with Crippen LogP contribution in [-0.2, 0) is 17.9 Å². The van der Waals surface area contributed by atoms with Crippen molar-refractivity contribution in [1.82, 2.24) is 14.8 Å². The molecule has 4 heterocycles. The first-order chi connectivity index (χ1) is 11.3. The van der Waals surface area contributed by atoms with Crippen LogP contribution in [0.25, 0.3) is 0 Å². The third kappa shape index (κ3) is 3.16. The highest BCUT2D eigenvalue weighted by Crippen LogP contribution is 2.31. The Labute approximate surface area is 140 Å². The maximum Gasteiger partial charge on any atom is 0.227 e. The molecule has 2 bridgehead atoms. The summed E-state index contributed by atoms with van der Waals surface area (Å²) >= 11 is 1.64. The molecule has 5 heteroatoms. The molecule has 1 amide bonds. The third-order valence-electron chi connectivity index (χ3n) is 4.93. The van der Waals surface area contributed by atoms with Gasteiger partial charge in [0, 0.05) is 37.6 Å². The molecular formula is C18H21N3OS. The van der Waals surface area contributed by atoms with E-state index in [1.165, 1.54) is 5.56 Å². The fourth-order valence-corrected chi connectivity index (χ4v) is 4.34. The summed E-state index contributed by atoms with van der Waals surface area (Å²) in [5.41, 5.74) is 4.23. The molecule has 3 saturated heterocycles. The number of piperidine rings is 1. The zero-order valence-corrected chi connectivity index (χ0v) is 13.9. The molecule has 5 rings (SSSR count). The summed E-state index contributed by atoms with van der Waals surface area (Å²) in [6, 6.07) is 10.7. The smallest absolute Gasteiger partial charge is 0.227 e. The highest BCUT2D eigenvalue weighted by Gasteiger charge is 2.40. The second-order valence-electron chi connectivity index (χ2n) is 6.55. The van der Waals surface area contributed by atoms with Gasteiger partial charge in [0.05, 0.1) is 17.1 Å². The number of amides is 1. The fourth-order valence-electron chi connectivity index (χ4n) is 3.79. The number of fused-ring (bicyclic) bond motifs is 4. The number of aromatic nitrogens is 1. The van der Waals surface area contributed by atoms with Crippen molar-refractivity contribution in [3.63, 3.8) is 0 Å². The third-order valence-corrected chi connectivity index (χ3v) is 5.57. The van der Waals surface area contributed by atoms with E-state index >= 15 is 0 Å². The number of thiazole rings is 1. The zero-order chi connectivity index (χ0) is 15.6. The molecule has 1 aromatic heterocycles. The Balaban J connectivity index is 1.51. The van der Waals surface area contributed by atoms with E-state index in [2.05, 4.69) is 32.3 Å². The summed E-state index contributed by atoms with van der Waals surface area (Å²) in [4.78, 5) is 21.8. The molecule has 3 aliphatic heterocycles. The van der Waals surface area contributed by atoms with Crippen LogP contribution in [0.1, 0.15) is 24.1 Å². The van der Waals surface area contributed by atoms with Crippen molar-refractivity contribution in [2.24, 2.45) is 5.92 Å². The van der Waals surface area contributed by atoms with Gasteiger partial charge >= 0.3 is 0 Å². The topological polar surface area (TPSA) is 36.4 Å². The van der Waals surface area contributed by atoms with Crippen LogP contribution in [-0.4, -0.2) is 39.8 Å². The molecule has 1 aromatic carbocycles. The van der Waals surface area contributed by atoms with Gasteiger partial charge < -0.3 is 4.90 Å². The molecule has 0 unspecified atom stereocenters. The van der Waals surface area contributed by atoms with E-state index in [0.29, 0.717) is 11.9 Å².